The third-order valence-corrected chi connectivity index (χ3v) is 3.77. The van der Waals surface area contributed by atoms with Crippen molar-refractivity contribution in [3.05, 3.63) is 23.3 Å². The molecule has 0 aromatic heterocycles. The van der Waals surface area contributed by atoms with Crippen molar-refractivity contribution >= 4 is 0 Å². The zero-order chi connectivity index (χ0) is 9.22. The summed E-state index contributed by atoms with van der Waals surface area (Å²) in [7, 11) is 0. The van der Waals surface area contributed by atoms with Gasteiger partial charge in [-0.05, 0) is 42.9 Å². The van der Waals surface area contributed by atoms with E-state index in [1.54, 1.807) is 5.57 Å². The molecule has 3 aliphatic rings. The van der Waals surface area contributed by atoms with Gasteiger partial charge in [0.1, 0.15) is 0 Å². The van der Waals surface area contributed by atoms with Gasteiger partial charge in [0.15, 0.2) is 0 Å². The van der Waals surface area contributed by atoms with Crippen molar-refractivity contribution in [3.63, 3.8) is 0 Å². The minimum absolute atomic E-state index is 0.493. The Morgan fingerprint density at radius 3 is 2.38 bits per heavy atom. The summed E-state index contributed by atoms with van der Waals surface area (Å²) in [6.07, 6.45) is 5.31. The molecule has 0 amide bonds. The fourth-order valence-corrected chi connectivity index (χ4v) is 3.14. The lowest BCUT2D eigenvalue weighted by atomic mass is 9.72. The molecule has 0 bridgehead atoms. The maximum Gasteiger partial charge on any atom is -0.0108 e. The maximum absolute atomic E-state index is 4.18. The summed E-state index contributed by atoms with van der Waals surface area (Å²) >= 11 is 0. The van der Waals surface area contributed by atoms with Gasteiger partial charge in [-0.15, -0.1) is 0 Å². The van der Waals surface area contributed by atoms with Crippen LogP contribution < -0.4 is 0 Å². The van der Waals surface area contributed by atoms with E-state index in [1.807, 2.05) is 5.57 Å². The maximum atomic E-state index is 4.18. The SMILES string of the molecule is C=C1CC(=C2C3CC23)CC(C)(C)C1. The van der Waals surface area contributed by atoms with E-state index in [2.05, 4.69) is 20.4 Å². The van der Waals surface area contributed by atoms with Crippen LogP contribution >= 0.6 is 0 Å². The number of hydrogen-bond acceptors (Lipinski definition) is 0. The van der Waals surface area contributed by atoms with Crippen molar-refractivity contribution in [2.24, 2.45) is 17.3 Å². The quantitative estimate of drug-likeness (QED) is 0.491. The van der Waals surface area contributed by atoms with Gasteiger partial charge in [0.2, 0.25) is 0 Å². The van der Waals surface area contributed by atoms with Gasteiger partial charge in [0.25, 0.3) is 0 Å². The first-order valence-electron chi connectivity index (χ1n) is 5.45. The average molecular weight is 174 g/mol. The highest BCUT2D eigenvalue weighted by Crippen LogP contribution is 2.70. The highest BCUT2D eigenvalue weighted by atomic mass is 14.6. The second-order valence-corrected chi connectivity index (χ2v) is 5.95. The summed E-state index contributed by atoms with van der Waals surface area (Å²) in [5, 5.41) is 0. The van der Waals surface area contributed by atoms with Crippen molar-refractivity contribution in [2.75, 3.05) is 0 Å². The molecule has 3 fully saturated rings. The predicted molar refractivity (Wildman–Crippen MR) is 55.4 cm³/mol. The van der Waals surface area contributed by atoms with E-state index in [1.165, 1.54) is 31.3 Å². The third-order valence-electron chi connectivity index (χ3n) is 3.77. The molecule has 0 heteroatoms. The van der Waals surface area contributed by atoms with Crippen LogP contribution in [0.3, 0.4) is 0 Å². The topological polar surface area (TPSA) is 0 Å². The van der Waals surface area contributed by atoms with Gasteiger partial charge in [0.05, 0.1) is 0 Å². The molecule has 0 heterocycles. The minimum Gasteiger partial charge on any atom is -0.0995 e. The Morgan fingerprint density at radius 1 is 1.23 bits per heavy atom. The first-order valence-corrected chi connectivity index (χ1v) is 5.45. The van der Waals surface area contributed by atoms with Gasteiger partial charge >= 0.3 is 0 Å². The summed E-state index contributed by atoms with van der Waals surface area (Å²) in [4.78, 5) is 0. The molecule has 0 aromatic rings. The molecule has 0 aliphatic heterocycles. The van der Waals surface area contributed by atoms with Crippen LogP contribution in [0.2, 0.25) is 0 Å². The van der Waals surface area contributed by atoms with E-state index in [9.17, 15) is 0 Å². The standard InChI is InChI=1S/C13H18/c1-8-4-9(7-13(2,3)6-8)12-10-5-11(10)12/h10-11H,1,4-7H2,2-3H3. The van der Waals surface area contributed by atoms with Crippen molar-refractivity contribution in [3.8, 4) is 0 Å². The van der Waals surface area contributed by atoms with Gasteiger partial charge in [-0.25, -0.2) is 0 Å². The molecule has 2 atom stereocenters. The Hall–Kier alpha value is -0.520. The number of hydrogen-bond donors (Lipinski definition) is 0. The van der Waals surface area contributed by atoms with Crippen LogP contribution in [0.15, 0.2) is 23.3 Å². The second-order valence-electron chi connectivity index (χ2n) is 5.95. The van der Waals surface area contributed by atoms with Crippen LogP contribution in [-0.4, -0.2) is 0 Å². The zero-order valence-corrected chi connectivity index (χ0v) is 8.69. The van der Waals surface area contributed by atoms with Crippen LogP contribution in [0.25, 0.3) is 0 Å². The Bertz CT molecular complexity index is 307. The summed E-state index contributed by atoms with van der Waals surface area (Å²) < 4.78 is 0. The first kappa shape index (κ1) is 7.84. The fraction of sp³-hybridized carbons (Fsp3) is 0.692. The van der Waals surface area contributed by atoms with Crippen LogP contribution in [0.5, 0.6) is 0 Å². The molecular formula is C13H18. The minimum atomic E-state index is 0.493. The lowest BCUT2D eigenvalue weighted by Gasteiger charge is -2.33. The summed E-state index contributed by atoms with van der Waals surface area (Å²) in [6.45, 7) is 8.94. The molecule has 2 unspecified atom stereocenters. The molecule has 13 heavy (non-hydrogen) atoms. The second kappa shape index (κ2) is 2.10. The molecule has 0 radical (unpaired) electrons. The van der Waals surface area contributed by atoms with Gasteiger partial charge in [-0.2, -0.15) is 0 Å². The normalized spacial score (nSPS) is 40.3. The van der Waals surface area contributed by atoms with E-state index in [-0.39, 0.29) is 0 Å². The smallest absolute Gasteiger partial charge is 0.0108 e. The molecule has 0 aromatic carbocycles. The molecule has 0 nitrogen and oxygen atoms in total. The monoisotopic (exact) mass is 174 g/mol. The van der Waals surface area contributed by atoms with Crippen LogP contribution in [0.1, 0.15) is 39.5 Å². The van der Waals surface area contributed by atoms with Crippen molar-refractivity contribution in [2.45, 2.75) is 39.5 Å². The molecule has 70 valence electrons. The van der Waals surface area contributed by atoms with E-state index in [0.717, 1.165) is 11.8 Å². The van der Waals surface area contributed by atoms with Crippen LogP contribution in [-0.2, 0) is 0 Å². The first-order chi connectivity index (χ1) is 6.07. The number of rotatable bonds is 0. The molecular weight excluding hydrogens is 156 g/mol. The van der Waals surface area contributed by atoms with Gasteiger partial charge in [-0.1, -0.05) is 37.1 Å². The highest BCUT2D eigenvalue weighted by Gasteiger charge is 2.60. The lowest BCUT2D eigenvalue weighted by molar-refractivity contribution is 0.331. The van der Waals surface area contributed by atoms with Crippen molar-refractivity contribution in [1.82, 2.24) is 0 Å². The van der Waals surface area contributed by atoms with Crippen molar-refractivity contribution in [1.29, 1.82) is 0 Å². The largest absolute Gasteiger partial charge is 0.0995 e. The lowest BCUT2D eigenvalue weighted by Crippen LogP contribution is -2.19. The zero-order valence-electron chi connectivity index (χ0n) is 8.69. The number of allylic oxidation sites excluding steroid dienone is 3. The predicted octanol–water partition coefficient (Wildman–Crippen LogP) is 3.70. The summed E-state index contributed by atoms with van der Waals surface area (Å²) in [5.41, 5.74) is 5.56. The highest BCUT2D eigenvalue weighted by molar-refractivity contribution is 5.47. The van der Waals surface area contributed by atoms with E-state index < -0.39 is 0 Å². The number of fused-ring (bicyclic) bond motifs is 1. The van der Waals surface area contributed by atoms with Gasteiger partial charge in [-0.3, -0.25) is 0 Å². The van der Waals surface area contributed by atoms with Crippen molar-refractivity contribution < 1.29 is 0 Å². The molecule has 0 N–H and O–H groups in total. The Labute approximate surface area is 80.7 Å². The Morgan fingerprint density at radius 2 is 1.92 bits per heavy atom. The molecule has 3 rings (SSSR count). The van der Waals surface area contributed by atoms with E-state index >= 15 is 0 Å². The van der Waals surface area contributed by atoms with E-state index in [4.69, 9.17) is 0 Å². The molecule has 3 aliphatic carbocycles. The molecule has 0 spiro atoms. The Kier molecular flexibility index (Phi) is 1.27. The average Bonchev–Trinajstić information content (AvgIpc) is 2.63. The summed E-state index contributed by atoms with van der Waals surface area (Å²) in [5.74, 6) is 2.10. The molecule has 3 saturated carbocycles. The molecule has 0 saturated heterocycles. The van der Waals surface area contributed by atoms with Gasteiger partial charge in [0, 0.05) is 0 Å². The Balaban J connectivity index is 1.87. The van der Waals surface area contributed by atoms with Crippen LogP contribution in [0.4, 0.5) is 0 Å². The fourth-order valence-electron chi connectivity index (χ4n) is 3.14. The van der Waals surface area contributed by atoms with Gasteiger partial charge < -0.3 is 0 Å². The van der Waals surface area contributed by atoms with Crippen LogP contribution in [0, 0.1) is 17.3 Å². The third kappa shape index (κ3) is 1.19. The summed E-state index contributed by atoms with van der Waals surface area (Å²) in [6, 6.07) is 0. The van der Waals surface area contributed by atoms with E-state index in [0.29, 0.717) is 5.41 Å².